The fourth-order valence-electron chi connectivity index (χ4n) is 1.09. The van der Waals surface area contributed by atoms with Gasteiger partial charge in [0.05, 0.1) is 6.54 Å². The molecule has 0 aliphatic rings. The normalized spacial score (nSPS) is 10.4. The molecule has 84 valence electrons. The predicted octanol–water partition coefficient (Wildman–Crippen LogP) is -0.652. The Kier molecular flexibility index (Phi) is 3.48. The number of anilines is 2. The summed E-state index contributed by atoms with van der Waals surface area (Å²) in [7, 11) is 1.72. The number of hydrogen-bond donors (Lipinski definition) is 3. The van der Waals surface area contributed by atoms with Gasteiger partial charge >= 0.3 is 0 Å². The van der Waals surface area contributed by atoms with Crippen LogP contribution < -0.4 is 16.0 Å². The maximum atomic E-state index is 11.4. The van der Waals surface area contributed by atoms with Crippen LogP contribution in [-0.2, 0) is 4.79 Å². The number of carbonyl (C=O) groups is 1. The van der Waals surface area contributed by atoms with Crippen LogP contribution in [0, 0.1) is 0 Å². The first kappa shape index (κ1) is 11.3. The Bertz CT molecular complexity index is 334. The smallest absolute Gasteiger partial charge is 0.246 e. The van der Waals surface area contributed by atoms with Crippen molar-refractivity contribution < 1.29 is 4.79 Å². The molecule has 0 aliphatic carbocycles. The van der Waals surface area contributed by atoms with Crippen molar-refractivity contribution in [2.45, 2.75) is 19.9 Å². The van der Waals surface area contributed by atoms with Crippen LogP contribution in [0.2, 0.25) is 0 Å². The van der Waals surface area contributed by atoms with Crippen molar-refractivity contribution in [2.75, 3.05) is 24.2 Å². The number of aromatic amines is 1. The van der Waals surface area contributed by atoms with Crippen LogP contribution in [0.15, 0.2) is 0 Å². The first-order chi connectivity index (χ1) is 6.99. The van der Waals surface area contributed by atoms with Gasteiger partial charge in [-0.1, -0.05) is 0 Å². The summed E-state index contributed by atoms with van der Waals surface area (Å²) in [6.45, 7) is 4.01. The molecule has 0 bridgehead atoms. The minimum Gasteiger partial charge on any atom is -0.368 e. The van der Waals surface area contributed by atoms with E-state index in [-0.39, 0.29) is 24.4 Å². The highest BCUT2D eigenvalue weighted by molar-refractivity contribution is 5.80. The molecule has 7 nitrogen and oxygen atoms in total. The molecule has 0 saturated carbocycles. The molecule has 4 N–H and O–H groups in total. The van der Waals surface area contributed by atoms with E-state index in [0.717, 1.165) is 0 Å². The van der Waals surface area contributed by atoms with E-state index in [0.29, 0.717) is 5.95 Å². The molecule has 0 spiro atoms. The lowest BCUT2D eigenvalue weighted by Crippen LogP contribution is -2.38. The standard InChI is InChI=1S/C8H16N6O/c1-5(2)10-6(15)4-14(3)8-11-7(9)12-13-8/h5H,4H2,1-3H3,(H,10,15)(H3,9,11,12,13). The van der Waals surface area contributed by atoms with E-state index in [4.69, 9.17) is 5.73 Å². The average Bonchev–Trinajstić information content (AvgIpc) is 2.49. The van der Waals surface area contributed by atoms with Crippen molar-refractivity contribution in [3.05, 3.63) is 0 Å². The number of H-pyrrole nitrogens is 1. The molecule has 1 rings (SSSR count). The molecule has 0 aliphatic heterocycles. The lowest BCUT2D eigenvalue weighted by atomic mass is 10.4. The highest BCUT2D eigenvalue weighted by Gasteiger charge is 2.11. The largest absolute Gasteiger partial charge is 0.368 e. The van der Waals surface area contributed by atoms with Gasteiger partial charge in [-0.25, -0.2) is 5.10 Å². The zero-order valence-electron chi connectivity index (χ0n) is 9.11. The highest BCUT2D eigenvalue weighted by Crippen LogP contribution is 2.04. The number of nitrogens with one attached hydrogen (secondary N) is 2. The van der Waals surface area contributed by atoms with E-state index in [1.165, 1.54) is 0 Å². The van der Waals surface area contributed by atoms with Gasteiger partial charge in [0.15, 0.2) is 0 Å². The third-order valence-electron chi connectivity index (χ3n) is 1.66. The number of likely N-dealkylation sites (N-methyl/N-ethyl adjacent to an activating group) is 1. The Labute approximate surface area is 88.0 Å². The number of carbonyl (C=O) groups excluding carboxylic acids is 1. The molecule has 0 fully saturated rings. The summed E-state index contributed by atoms with van der Waals surface area (Å²) in [5.74, 6) is 0.573. The Balaban J connectivity index is 2.48. The molecule has 1 aromatic heterocycles. The van der Waals surface area contributed by atoms with Crippen LogP contribution in [0.4, 0.5) is 11.9 Å². The van der Waals surface area contributed by atoms with Crippen LogP contribution in [-0.4, -0.2) is 40.7 Å². The Morgan fingerprint density at radius 1 is 1.67 bits per heavy atom. The van der Waals surface area contributed by atoms with Crippen molar-refractivity contribution in [3.63, 3.8) is 0 Å². The first-order valence-electron chi connectivity index (χ1n) is 4.67. The summed E-state index contributed by atoms with van der Waals surface area (Å²) in [5.41, 5.74) is 5.37. The highest BCUT2D eigenvalue weighted by atomic mass is 16.2. The van der Waals surface area contributed by atoms with Gasteiger partial charge in [-0.3, -0.25) is 4.79 Å². The third kappa shape index (κ3) is 3.45. The maximum absolute atomic E-state index is 11.4. The van der Waals surface area contributed by atoms with Crippen LogP contribution in [0.1, 0.15) is 13.8 Å². The summed E-state index contributed by atoms with van der Waals surface area (Å²) >= 11 is 0. The zero-order chi connectivity index (χ0) is 11.4. The summed E-state index contributed by atoms with van der Waals surface area (Å²) in [6, 6.07) is 0.128. The van der Waals surface area contributed by atoms with Crippen LogP contribution in [0.5, 0.6) is 0 Å². The lowest BCUT2D eigenvalue weighted by molar-refractivity contribution is -0.120. The van der Waals surface area contributed by atoms with Crippen molar-refractivity contribution >= 4 is 17.8 Å². The molecule has 1 heterocycles. The molecule has 7 heteroatoms. The summed E-state index contributed by atoms with van der Waals surface area (Å²) in [6.07, 6.45) is 0. The van der Waals surface area contributed by atoms with Gasteiger partial charge in [-0.05, 0) is 13.8 Å². The average molecular weight is 212 g/mol. The number of nitrogens with zero attached hydrogens (tertiary/aromatic N) is 3. The fraction of sp³-hybridized carbons (Fsp3) is 0.625. The molecule has 0 unspecified atom stereocenters. The fourth-order valence-corrected chi connectivity index (χ4v) is 1.09. The number of nitrogens with two attached hydrogens (primary N) is 1. The Morgan fingerprint density at radius 3 is 2.80 bits per heavy atom. The van der Waals surface area contributed by atoms with E-state index in [9.17, 15) is 4.79 Å². The molecule has 0 saturated heterocycles. The number of aromatic nitrogens is 3. The van der Waals surface area contributed by atoms with Crippen molar-refractivity contribution in [2.24, 2.45) is 0 Å². The van der Waals surface area contributed by atoms with E-state index in [1.807, 2.05) is 13.8 Å². The Morgan fingerprint density at radius 2 is 2.33 bits per heavy atom. The van der Waals surface area contributed by atoms with Crippen LogP contribution >= 0.6 is 0 Å². The number of nitrogen functional groups attached to an aromatic ring is 1. The van der Waals surface area contributed by atoms with Gasteiger partial charge in [-0.15, -0.1) is 5.10 Å². The zero-order valence-corrected chi connectivity index (χ0v) is 9.11. The molecule has 15 heavy (non-hydrogen) atoms. The van der Waals surface area contributed by atoms with Crippen molar-refractivity contribution in [1.82, 2.24) is 20.5 Å². The van der Waals surface area contributed by atoms with Crippen LogP contribution in [0.25, 0.3) is 0 Å². The molecule has 0 atom stereocenters. The van der Waals surface area contributed by atoms with E-state index >= 15 is 0 Å². The molecular formula is C8H16N6O. The molecule has 1 amide bonds. The first-order valence-corrected chi connectivity index (χ1v) is 4.67. The topological polar surface area (TPSA) is 99.9 Å². The van der Waals surface area contributed by atoms with Gasteiger partial charge in [0.1, 0.15) is 0 Å². The third-order valence-corrected chi connectivity index (χ3v) is 1.66. The summed E-state index contributed by atoms with van der Waals surface area (Å²) in [5, 5.41) is 9.11. The van der Waals surface area contributed by atoms with Crippen molar-refractivity contribution in [3.8, 4) is 0 Å². The second-order valence-electron chi connectivity index (χ2n) is 3.60. The maximum Gasteiger partial charge on any atom is 0.246 e. The molecular weight excluding hydrogens is 196 g/mol. The molecule has 0 aromatic carbocycles. The van der Waals surface area contributed by atoms with Crippen LogP contribution in [0.3, 0.4) is 0 Å². The van der Waals surface area contributed by atoms with Crippen molar-refractivity contribution in [1.29, 1.82) is 0 Å². The lowest BCUT2D eigenvalue weighted by Gasteiger charge is -2.15. The second kappa shape index (κ2) is 4.63. The van der Waals surface area contributed by atoms with E-state index < -0.39 is 0 Å². The predicted molar refractivity (Wildman–Crippen MR) is 57.3 cm³/mol. The van der Waals surface area contributed by atoms with Gasteiger partial charge in [0, 0.05) is 13.1 Å². The van der Waals surface area contributed by atoms with E-state index in [1.54, 1.807) is 11.9 Å². The minimum absolute atomic E-state index is 0.0733. The summed E-state index contributed by atoms with van der Waals surface area (Å²) < 4.78 is 0. The van der Waals surface area contributed by atoms with Gasteiger partial charge in [0.2, 0.25) is 17.8 Å². The number of hydrogen-bond acceptors (Lipinski definition) is 5. The quantitative estimate of drug-likeness (QED) is 0.615. The second-order valence-corrected chi connectivity index (χ2v) is 3.60. The summed E-state index contributed by atoms with van der Waals surface area (Å²) in [4.78, 5) is 16.9. The van der Waals surface area contributed by atoms with Gasteiger partial charge < -0.3 is 16.0 Å². The minimum atomic E-state index is -0.0733. The van der Waals surface area contributed by atoms with Gasteiger partial charge in [-0.2, -0.15) is 4.98 Å². The number of amides is 1. The van der Waals surface area contributed by atoms with Gasteiger partial charge in [0.25, 0.3) is 0 Å². The molecule has 1 aromatic rings. The Hall–Kier alpha value is -1.79. The SMILES string of the molecule is CC(C)NC(=O)CN(C)c1n[nH]c(N)n1. The molecule has 0 radical (unpaired) electrons. The number of rotatable bonds is 4. The monoisotopic (exact) mass is 212 g/mol. The van der Waals surface area contributed by atoms with E-state index in [2.05, 4.69) is 20.5 Å².